The van der Waals surface area contributed by atoms with Gasteiger partial charge in [-0.3, -0.25) is 9.48 Å². The number of amides is 1. The first kappa shape index (κ1) is 13.4. The molecule has 1 unspecified atom stereocenters. The molecule has 6 nitrogen and oxygen atoms in total. The maximum absolute atomic E-state index is 12.1. The Bertz CT molecular complexity index is 734. The van der Waals surface area contributed by atoms with Gasteiger partial charge in [0, 0.05) is 5.39 Å². The van der Waals surface area contributed by atoms with Crippen molar-refractivity contribution in [2.24, 2.45) is 0 Å². The van der Waals surface area contributed by atoms with Crippen LogP contribution in [0.1, 0.15) is 11.8 Å². The lowest BCUT2D eigenvalue weighted by atomic mass is 10.2. The van der Waals surface area contributed by atoms with E-state index < -0.39 is 6.04 Å². The van der Waals surface area contributed by atoms with Gasteiger partial charge in [0.1, 0.15) is 18.3 Å². The van der Waals surface area contributed by atoms with Gasteiger partial charge in [0.15, 0.2) is 0 Å². The van der Waals surface area contributed by atoms with Crippen molar-refractivity contribution >= 4 is 16.8 Å². The normalized spacial score (nSPS) is 12.4. The molecule has 108 valence electrons. The van der Waals surface area contributed by atoms with Gasteiger partial charge in [-0.15, -0.1) is 0 Å². The molecule has 0 spiro atoms. The molecule has 6 heteroatoms. The summed E-state index contributed by atoms with van der Waals surface area (Å²) in [7, 11) is 0. The third-order valence-electron chi connectivity index (χ3n) is 3.25. The highest BCUT2D eigenvalue weighted by Crippen LogP contribution is 2.14. The molecule has 1 amide bonds. The van der Waals surface area contributed by atoms with E-state index in [1.807, 2.05) is 24.3 Å². The first-order valence-corrected chi connectivity index (χ1v) is 6.62. The minimum Gasteiger partial charge on any atom is -0.467 e. The number of hydrogen-bond acceptors (Lipinski definition) is 4. The lowest BCUT2D eigenvalue weighted by Crippen LogP contribution is -2.33. The van der Waals surface area contributed by atoms with Crippen molar-refractivity contribution in [1.29, 1.82) is 0 Å². The summed E-state index contributed by atoms with van der Waals surface area (Å²) in [6.45, 7) is -0.135. The smallest absolute Gasteiger partial charge is 0.242 e. The summed E-state index contributed by atoms with van der Waals surface area (Å²) in [5.74, 6) is 0.287. The topological polar surface area (TPSA) is 80.3 Å². The SMILES string of the molecule is O=C(Cn1ncc2ccccc21)NC(CO)c1ccco1. The fourth-order valence-electron chi connectivity index (χ4n) is 2.22. The average molecular weight is 285 g/mol. The van der Waals surface area contributed by atoms with Crippen molar-refractivity contribution in [3.63, 3.8) is 0 Å². The highest BCUT2D eigenvalue weighted by Gasteiger charge is 2.17. The fraction of sp³-hybridized carbons (Fsp3) is 0.200. The first-order chi connectivity index (χ1) is 10.3. The average Bonchev–Trinajstić information content (AvgIpc) is 3.15. The highest BCUT2D eigenvalue weighted by atomic mass is 16.3. The Morgan fingerprint density at radius 1 is 1.33 bits per heavy atom. The molecule has 0 saturated heterocycles. The molecule has 1 atom stereocenters. The van der Waals surface area contributed by atoms with Crippen LogP contribution in [0.25, 0.3) is 10.9 Å². The number of nitrogens with zero attached hydrogens (tertiary/aromatic N) is 2. The highest BCUT2D eigenvalue weighted by molar-refractivity contribution is 5.82. The summed E-state index contributed by atoms with van der Waals surface area (Å²) >= 11 is 0. The number of aliphatic hydroxyl groups excluding tert-OH is 1. The molecule has 0 radical (unpaired) electrons. The summed E-state index contributed by atoms with van der Waals surface area (Å²) in [6.07, 6.45) is 3.23. The van der Waals surface area contributed by atoms with Crippen LogP contribution in [0.4, 0.5) is 0 Å². The third kappa shape index (κ3) is 2.80. The molecular formula is C15H15N3O3. The number of para-hydroxylation sites is 1. The Kier molecular flexibility index (Phi) is 3.70. The van der Waals surface area contributed by atoms with Crippen LogP contribution in [0, 0.1) is 0 Å². The summed E-state index contributed by atoms with van der Waals surface area (Å²) in [6, 6.07) is 10.6. The van der Waals surface area contributed by atoms with Crippen molar-refractivity contribution < 1.29 is 14.3 Å². The van der Waals surface area contributed by atoms with Gasteiger partial charge in [0.05, 0.1) is 24.6 Å². The zero-order chi connectivity index (χ0) is 14.7. The predicted octanol–water partition coefficient (Wildman–Crippen LogP) is 1.48. The van der Waals surface area contributed by atoms with Gasteiger partial charge in [-0.25, -0.2) is 0 Å². The minimum absolute atomic E-state index is 0.0880. The van der Waals surface area contributed by atoms with Gasteiger partial charge in [-0.2, -0.15) is 5.10 Å². The van der Waals surface area contributed by atoms with Crippen molar-refractivity contribution in [1.82, 2.24) is 15.1 Å². The number of nitrogens with one attached hydrogen (secondary N) is 1. The maximum atomic E-state index is 12.1. The van der Waals surface area contributed by atoms with E-state index in [0.717, 1.165) is 10.9 Å². The summed E-state index contributed by atoms with van der Waals surface area (Å²) < 4.78 is 6.82. The van der Waals surface area contributed by atoms with Crippen LogP contribution in [0.3, 0.4) is 0 Å². The molecule has 0 saturated carbocycles. The zero-order valence-corrected chi connectivity index (χ0v) is 11.3. The molecule has 0 aliphatic carbocycles. The molecule has 1 aromatic carbocycles. The molecule has 0 aliphatic rings. The van der Waals surface area contributed by atoms with E-state index in [0.29, 0.717) is 5.76 Å². The largest absolute Gasteiger partial charge is 0.467 e. The van der Waals surface area contributed by atoms with E-state index >= 15 is 0 Å². The molecule has 0 fully saturated rings. The Labute approximate surface area is 121 Å². The van der Waals surface area contributed by atoms with Crippen LogP contribution in [0.2, 0.25) is 0 Å². The van der Waals surface area contributed by atoms with Crippen LogP contribution in [-0.4, -0.2) is 27.4 Å². The van der Waals surface area contributed by atoms with E-state index in [1.165, 1.54) is 6.26 Å². The van der Waals surface area contributed by atoms with Gasteiger partial charge in [0.25, 0.3) is 0 Å². The third-order valence-corrected chi connectivity index (χ3v) is 3.25. The number of aromatic nitrogens is 2. The fourth-order valence-corrected chi connectivity index (χ4v) is 2.22. The molecule has 0 bridgehead atoms. The van der Waals surface area contributed by atoms with Crippen molar-refractivity contribution in [3.8, 4) is 0 Å². The quantitative estimate of drug-likeness (QED) is 0.744. The molecular weight excluding hydrogens is 270 g/mol. The number of hydrogen-bond donors (Lipinski definition) is 2. The van der Waals surface area contributed by atoms with Gasteiger partial charge in [-0.1, -0.05) is 18.2 Å². The number of rotatable bonds is 5. The summed E-state index contributed by atoms with van der Waals surface area (Å²) in [4.78, 5) is 12.1. The molecule has 2 aromatic heterocycles. The second-order valence-electron chi connectivity index (χ2n) is 4.68. The van der Waals surface area contributed by atoms with E-state index in [-0.39, 0.29) is 19.1 Å². The maximum Gasteiger partial charge on any atom is 0.242 e. The van der Waals surface area contributed by atoms with Gasteiger partial charge in [0.2, 0.25) is 5.91 Å². The monoisotopic (exact) mass is 285 g/mol. The molecule has 3 aromatic rings. The zero-order valence-electron chi connectivity index (χ0n) is 11.3. The van der Waals surface area contributed by atoms with Crippen LogP contribution in [-0.2, 0) is 11.3 Å². The lowest BCUT2D eigenvalue weighted by Gasteiger charge is -2.14. The Hall–Kier alpha value is -2.60. The lowest BCUT2D eigenvalue weighted by molar-refractivity contribution is -0.123. The molecule has 3 rings (SSSR count). The van der Waals surface area contributed by atoms with Crippen LogP contribution < -0.4 is 5.32 Å². The molecule has 2 heterocycles. The Balaban J connectivity index is 1.71. The second kappa shape index (κ2) is 5.80. The van der Waals surface area contributed by atoms with Crippen molar-refractivity contribution in [3.05, 3.63) is 54.6 Å². The van der Waals surface area contributed by atoms with E-state index in [1.54, 1.807) is 23.0 Å². The van der Waals surface area contributed by atoms with Crippen LogP contribution >= 0.6 is 0 Å². The van der Waals surface area contributed by atoms with Gasteiger partial charge in [-0.05, 0) is 18.2 Å². The number of aliphatic hydroxyl groups is 1. The standard InChI is InChI=1S/C15H15N3O3/c19-10-12(14-6-3-7-21-14)17-15(20)9-18-13-5-2-1-4-11(13)8-16-18/h1-8,12,19H,9-10H2,(H,17,20). The molecule has 2 N–H and O–H groups in total. The van der Waals surface area contributed by atoms with E-state index in [4.69, 9.17) is 4.42 Å². The number of furan rings is 1. The van der Waals surface area contributed by atoms with Crippen LogP contribution in [0.15, 0.2) is 53.3 Å². The van der Waals surface area contributed by atoms with Gasteiger partial charge < -0.3 is 14.8 Å². The summed E-state index contributed by atoms with van der Waals surface area (Å²) in [5, 5.41) is 17.3. The van der Waals surface area contributed by atoms with Gasteiger partial charge >= 0.3 is 0 Å². The number of carbonyl (C=O) groups excluding carboxylic acids is 1. The van der Waals surface area contributed by atoms with Crippen molar-refractivity contribution in [2.75, 3.05) is 6.61 Å². The molecule has 21 heavy (non-hydrogen) atoms. The minimum atomic E-state index is -0.547. The van der Waals surface area contributed by atoms with Crippen LogP contribution in [0.5, 0.6) is 0 Å². The number of carbonyl (C=O) groups is 1. The summed E-state index contributed by atoms with van der Waals surface area (Å²) in [5.41, 5.74) is 0.895. The number of fused-ring (bicyclic) bond motifs is 1. The van der Waals surface area contributed by atoms with Crippen molar-refractivity contribution in [2.45, 2.75) is 12.6 Å². The number of benzene rings is 1. The van der Waals surface area contributed by atoms with E-state index in [9.17, 15) is 9.90 Å². The molecule has 0 aliphatic heterocycles. The predicted molar refractivity (Wildman–Crippen MR) is 76.4 cm³/mol. The Morgan fingerprint density at radius 3 is 2.95 bits per heavy atom. The first-order valence-electron chi connectivity index (χ1n) is 6.62. The second-order valence-corrected chi connectivity index (χ2v) is 4.68. The van der Waals surface area contributed by atoms with E-state index in [2.05, 4.69) is 10.4 Å². The Morgan fingerprint density at radius 2 is 2.19 bits per heavy atom.